The van der Waals surface area contributed by atoms with Gasteiger partial charge in [0, 0.05) is 0 Å². The molecular formula is C45H27N. The van der Waals surface area contributed by atoms with Crippen LogP contribution in [0.1, 0.15) is 0 Å². The van der Waals surface area contributed by atoms with Gasteiger partial charge in [0.1, 0.15) is 0 Å². The van der Waals surface area contributed by atoms with E-state index in [0.29, 0.717) is 5.69 Å². The van der Waals surface area contributed by atoms with Crippen LogP contribution in [-0.2, 0) is 0 Å². The molecule has 0 atom stereocenters. The van der Waals surface area contributed by atoms with Gasteiger partial charge in [-0.15, -0.1) is 0 Å². The summed E-state index contributed by atoms with van der Waals surface area (Å²) in [5.41, 5.74) is 14.9. The highest BCUT2D eigenvalue weighted by Gasteiger charge is 2.31. The highest BCUT2D eigenvalue weighted by molar-refractivity contribution is 6.29. The maximum absolute atomic E-state index is 8.16. The molecule has 0 amide bonds. The van der Waals surface area contributed by atoms with E-state index in [1.54, 1.807) is 0 Å². The topological polar surface area (TPSA) is 4.36 Å². The second-order valence-electron chi connectivity index (χ2n) is 11.9. The lowest BCUT2D eigenvalue weighted by Gasteiger charge is -2.20. The SMILES string of the molecule is [C-]#[N+]c1cc(-c2ccccc2)ccc1-c1ccc2c3c(cccc13)-c1c-2c(-c2ccccc2)c2ccccc2c1-c1ccccc1. The maximum Gasteiger partial charge on any atom is 0.195 e. The van der Waals surface area contributed by atoms with Crippen LogP contribution in [0.5, 0.6) is 0 Å². The summed E-state index contributed by atoms with van der Waals surface area (Å²) in [4.78, 5) is 4.03. The fourth-order valence-corrected chi connectivity index (χ4v) is 7.51. The fourth-order valence-electron chi connectivity index (χ4n) is 7.51. The van der Waals surface area contributed by atoms with Gasteiger partial charge in [-0.2, -0.15) is 0 Å². The van der Waals surface area contributed by atoms with Crippen LogP contribution in [0, 0.1) is 6.57 Å². The predicted molar refractivity (Wildman–Crippen MR) is 194 cm³/mol. The molecule has 0 N–H and O–H groups in total. The molecule has 1 aliphatic rings. The summed E-state index contributed by atoms with van der Waals surface area (Å²) >= 11 is 0. The first-order chi connectivity index (χ1) is 22.8. The molecule has 1 nitrogen and oxygen atoms in total. The summed E-state index contributed by atoms with van der Waals surface area (Å²) in [5.74, 6) is 0. The van der Waals surface area contributed by atoms with Crippen molar-refractivity contribution >= 4 is 27.2 Å². The van der Waals surface area contributed by atoms with Crippen molar-refractivity contribution in [1.29, 1.82) is 0 Å². The zero-order valence-electron chi connectivity index (χ0n) is 25.0. The van der Waals surface area contributed by atoms with Crippen LogP contribution < -0.4 is 0 Å². The molecule has 8 aromatic carbocycles. The molecule has 9 rings (SSSR count). The van der Waals surface area contributed by atoms with E-state index in [2.05, 4.69) is 144 Å². The molecule has 8 aromatic rings. The second-order valence-corrected chi connectivity index (χ2v) is 11.9. The average molecular weight is 582 g/mol. The third-order valence-electron chi connectivity index (χ3n) is 9.44. The van der Waals surface area contributed by atoms with Crippen LogP contribution in [-0.4, -0.2) is 0 Å². The molecule has 0 bridgehead atoms. The van der Waals surface area contributed by atoms with Gasteiger partial charge >= 0.3 is 0 Å². The van der Waals surface area contributed by atoms with Gasteiger partial charge in [-0.05, 0) is 94.4 Å². The van der Waals surface area contributed by atoms with Crippen molar-refractivity contribution in [2.75, 3.05) is 0 Å². The molecular weight excluding hydrogens is 555 g/mol. The molecule has 46 heavy (non-hydrogen) atoms. The van der Waals surface area contributed by atoms with E-state index in [1.165, 1.54) is 66.1 Å². The minimum atomic E-state index is 0.665. The maximum atomic E-state index is 8.16. The molecule has 1 heteroatoms. The number of rotatable bonds is 4. The van der Waals surface area contributed by atoms with E-state index in [4.69, 9.17) is 6.57 Å². The molecule has 0 aromatic heterocycles. The average Bonchev–Trinajstić information content (AvgIpc) is 3.46. The van der Waals surface area contributed by atoms with E-state index in [1.807, 2.05) is 24.3 Å². The summed E-state index contributed by atoms with van der Waals surface area (Å²) in [6.45, 7) is 8.16. The largest absolute Gasteiger partial charge is 0.237 e. The fraction of sp³-hybridized carbons (Fsp3) is 0. The highest BCUT2D eigenvalue weighted by Crippen LogP contribution is 2.58. The standard InChI is InChI=1S/C45H27N/c1-46-40-28-32(29-14-5-2-6-15-29)24-25-34(40)33-26-27-39-43-35(33)22-13-23-38(43)44-41(30-16-7-3-8-17-30)36-20-11-12-21-37(36)42(45(39)44)31-18-9-4-10-19-31/h2-28H. The first kappa shape index (κ1) is 26.2. The number of hydrogen-bond donors (Lipinski definition) is 0. The smallest absolute Gasteiger partial charge is 0.195 e. The zero-order chi connectivity index (χ0) is 30.6. The van der Waals surface area contributed by atoms with Gasteiger partial charge in [-0.3, -0.25) is 0 Å². The monoisotopic (exact) mass is 581 g/mol. The van der Waals surface area contributed by atoms with Gasteiger partial charge in [-0.1, -0.05) is 158 Å². The molecule has 0 saturated carbocycles. The van der Waals surface area contributed by atoms with Crippen molar-refractivity contribution in [3.8, 4) is 66.8 Å². The molecule has 212 valence electrons. The van der Waals surface area contributed by atoms with Gasteiger partial charge in [-0.25, -0.2) is 4.85 Å². The predicted octanol–water partition coefficient (Wildman–Crippen LogP) is 12.9. The second kappa shape index (κ2) is 10.4. The van der Waals surface area contributed by atoms with Crippen LogP contribution in [0.25, 0.3) is 93.2 Å². The first-order valence-corrected chi connectivity index (χ1v) is 15.6. The summed E-state index contributed by atoms with van der Waals surface area (Å²) in [6, 6.07) is 58.3. The number of hydrogen-bond acceptors (Lipinski definition) is 0. The molecule has 0 heterocycles. The van der Waals surface area contributed by atoms with Crippen LogP contribution in [0.4, 0.5) is 5.69 Å². The van der Waals surface area contributed by atoms with Gasteiger partial charge in [0.15, 0.2) is 5.69 Å². The zero-order valence-corrected chi connectivity index (χ0v) is 25.0. The van der Waals surface area contributed by atoms with Crippen LogP contribution in [0.2, 0.25) is 0 Å². The van der Waals surface area contributed by atoms with E-state index < -0.39 is 0 Å². The van der Waals surface area contributed by atoms with Gasteiger partial charge < -0.3 is 0 Å². The lowest BCUT2D eigenvalue weighted by molar-refractivity contribution is 1.61. The van der Waals surface area contributed by atoms with Gasteiger partial charge in [0.25, 0.3) is 0 Å². The van der Waals surface area contributed by atoms with Crippen LogP contribution >= 0.6 is 0 Å². The highest BCUT2D eigenvalue weighted by atomic mass is 14.6. The lowest BCUT2D eigenvalue weighted by atomic mass is 9.82. The normalized spacial score (nSPS) is 11.5. The Hall–Kier alpha value is -6.23. The van der Waals surface area contributed by atoms with E-state index >= 15 is 0 Å². The molecule has 0 aliphatic heterocycles. The van der Waals surface area contributed by atoms with Crippen molar-refractivity contribution in [3.05, 3.63) is 175 Å². The summed E-state index contributed by atoms with van der Waals surface area (Å²) < 4.78 is 0. The molecule has 0 unspecified atom stereocenters. The molecule has 0 radical (unpaired) electrons. The number of benzene rings is 8. The molecule has 0 spiro atoms. The third kappa shape index (κ3) is 3.88. The van der Waals surface area contributed by atoms with Gasteiger partial charge in [0.2, 0.25) is 0 Å². The Morgan fingerprint density at radius 2 is 0.804 bits per heavy atom. The Kier molecular flexibility index (Phi) is 5.95. The molecule has 1 aliphatic carbocycles. The van der Waals surface area contributed by atoms with Crippen molar-refractivity contribution in [3.63, 3.8) is 0 Å². The van der Waals surface area contributed by atoms with Crippen molar-refractivity contribution in [1.82, 2.24) is 0 Å². The summed E-state index contributed by atoms with van der Waals surface area (Å²) in [7, 11) is 0. The van der Waals surface area contributed by atoms with Crippen molar-refractivity contribution < 1.29 is 0 Å². The molecule has 0 saturated heterocycles. The summed E-state index contributed by atoms with van der Waals surface area (Å²) in [5, 5.41) is 4.93. The minimum Gasteiger partial charge on any atom is -0.237 e. The van der Waals surface area contributed by atoms with E-state index in [9.17, 15) is 0 Å². The van der Waals surface area contributed by atoms with Crippen molar-refractivity contribution in [2.24, 2.45) is 0 Å². The first-order valence-electron chi connectivity index (χ1n) is 15.6. The molecule has 0 fully saturated rings. The van der Waals surface area contributed by atoms with Crippen molar-refractivity contribution in [2.45, 2.75) is 0 Å². The minimum absolute atomic E-state index is 0.665. The number of fused-ring (bicyclic) bond motifs is 4. The van der Waals surface area contributed by atoms with E-state index in [0.717, 1.165) is 22.3 Å². The Labute approximate surface area is 268 Å². The summed E-state index contributed by atoms with van der Waals surface area (Å²) in [6.07, 6.45) is 0. The third-order valence-corrected chi connectivity index (χ3v) is 9.44. The Morgan fingerprint density at radius 1 is 0.326 bits per heavy atom. The Morgan fingerprint density at radius 3 is 1.39 bits per heavy atom. The van der Waals surface area contributed by atoms with Gasteiger partial charge in [0.05, 0.1) is 6.57 Å². The Bertz CT molecular complexity index is 2410. The lowest BCUT2D eigenvalue weighted by Crippen LogP contribution is -1.93. The van der Waals surface area contributed by atoms with E-state index in [-0.39, 0.29) is 0 Å². The van der Waals surface area contributed by atoms with Crippen LogP contribution in [0.3, 0.4) is 0 Å². The number of nitrogens with zero attached hydrogens (tertiary/aromatic N) is 1. The Balaban J connectivity index is 1.38. The van der Waals surface area contributed by atoms with Crippen LogP contribution in [0.15, 0.2) is 164 Å². The quantitative estimate of drug-likeness (QED) is 0.182.